The summed E-state index contributed by atoms with van der Waals surface area (Å²) in [7, 11) is 0. The number of anilines is 2. The maximum Gasteiger partial charge on any atom is 0.0827 e. The SMILES string of the molecule is O=NN(c1ccccc1Br)c1ccccc1Br. The van der Waals surface area contributed by atoms with Gasteiger partial charge >= 0.3 is 0 Å². The lowest BCUT2D eigenvalue weighted by atomic mass is 10.2. The van der Waals surface area contributed by atoms with Crippen LogP contribution in [0.15, 0.2) is 62.8 Å². The number of benzene rings is 2. The minimum atomic E-state index is 0.703. The van der Waals surface area contributed by atoms with Gasteiger partial charge < -0.3 is 0 Å². The molecular formula is C12H8Br2N2O. The molecule has 0 bridgehead atoms. The topological polar surface area (TPSA) is 32.7 Å². The zero-order valence-electron chi connectivity index (χ0n) is 8.68. The molecule has 2 aromatic rings. The Bertz CT molecular complexity index is 500. The van der Waals surface area contributed by atoms with Gasteiger partial charge in [0.1, 0.15) is 0 Å². The number of nitrogens with zero attached hydrogens (tertiary/aromatic N) is 2. The summed E-state index contributed by atoms with van der Waals surface area (Å²) in [6.07, 6.45) is 0. The predicted molar refractivity (Wildman–Crippen MR) is 76.2 cm³/mol. The standard InChI is InChI=1S/C12H8Br2N2O/c13-9-5-1-3-7-11(9)16(15-17)12-8-4-2-6-10(12)14/h1-8H. The van der Waals surface area contributed by atoms with Crippen molar-refractivity contribution in [3.8, 4) is 0 Å². The van der Waals surface area contributed by atoms with Gasteiger partial charge in [-0.25, -0.2) is 0 Å². The first-order chi connectivity index (χ1) is 8.24. The highest BCUT2D eigenvalue weighted by molar-refractivity contribution is 9.11. The first-order valence-corrected chi connectivity index (χ1v) is 6.45. The lowest BCUT2D eigenvalue weighted by molar-refractivity contribution is 1.06. The Morgan fingerprint density at radius 1 is 0.824 bits per heavy atom. The fourth-order valence-electron chi connectivity index (χ4n) is 1.46. The third kappa shape index (κ3) is 2.56. The van der Waals surface area contributed by atoms with Gasteiger partial charge in [-0.3, -0.25) is 0 Å². The zero-order valence-corrected chi connectivity index (χ0v) is 11.8. The van der Waals surface area contributed by atoms with Gasteiger partial charge in [-0.05, 0) is 56.1 Å². The number of hydrogen-bond acceptors (Lipinski definition) is 2. The van der Waals surface area contributed by atoms with Crippen LogP contribution in [0, 0.1) is 4.91 Å². The molecule has 0 aliphatic rings. The average Bonchev–Trinajstić information content (AvgIpc) is 2.34. The first-order valence-electron chi connectivity index (χ1n) is 4.86. The lowest BCUT2D eigenvalue weighted by Crippen LogP contribution is -2.08. The largest absolute Gasteiger partial charge is 0.195 e. The van der Waals surface area contributed by atoms with Crippen molar-refractivity contribution in [2.45, 2.75) is 0 Å². The Morgan fingerprint density at radius 3 is 1.59 bits per heavy atom. The third-order valence-corrected chi connectivity index (χ3v) is 3.58. The van der Waals surface area contributed by atoms with Crippen LogP contribution in [0.2, 0.25) is 0 Å². The monoisotopic (exact) mass is 354 g/mol. The van der Waals surface area contributed by atoms with Crippen molar-refractivity contribution in [1.82, 2.24) is 0 Å². The molecule has 0 heterocycles. The molecule has 0 atom stereocenters. The Morgan fingerprint density at radius 2 is 1.24 bits per heavy atom. The Kier molecular flexibility index (Phi) is 3.91. The maximum atomic E-state index is 11.0. The van der Waals surface area contributed by atoms with Gasteiger partial charge in [0.15, 0.2) is 0 Å². The van der Waals surface area contributed by atoms with Gasteiger partial charge in [0.25, 0.3) is 0 Å². The number of hydrogen-bond donors (Lipinski definition) is 0. The van der Waals surface area contributed by atoms with Crippen LogP contribution in [0.1, 0.15) is 0 Å². The third-order valence-electron chi connectivity index (χ3n) is 2.24. The second kappa shape index (κ2) is 5.42. The molecule has 86 valence electrons. The van der Waals surface area contributed by atoms with E-state index in [9.17, 15) is 4.91 Å². The van der Waals surface area contributed by atoms with E-state index in [-0.39, 0.29) is 0 Å². The summed E-state index contributed by atoms with van der Waals surface area (Å²) in [4.78, 5) is 11.0. The summed E-state index contributed by atoms with van der Waals surface area (Å²) in [6.45, 7) is 0. The van der Waals surface area contributed by atoms with Crippen LogP contribution < -0.4 is 5.01 Å². The van der Waals surface area contributed by atoms with Crippen LogP contribution >= 0.6 is 31.9 Å². The number of rotatable bonds is 3. The second-order valence-electron chi connectivity index (χ2n) is 3.30. The van der Waals surface area contributed by atoms with E-state index < -0.39 is 0 Å². The number of halogens is 2. The van der Waals surface area contributed by atoms with Crippen LogP contribution in [-0.2, 0) is 0 Å². The van der Waals surface area contributed by atoms with Crippen LogP contribution in [0.25, 0.3) is 0 Å². The number of para-hydroxylation sites is 2. The van der Waals surface area contributed by atoms with E-state index in [1.807, 2.05) is 48.5 Å². The molecule has 0 aromatic heterocycles. The van der Waals surface area contributed by atoms with Crippen molar-refractivity contribution in [3.63, 3.8) is 0 Å². The molecule has 3 nitrogen and oxygen atoms in total. The van der Waals surface area contributed by atoms with E-state index in [0.29, 0.717) is 11.4 Å². The summed E-state index contributed by atoms with van der Waals surface area (Å²) < 4.78 is 1.63. The summed E-state index contributed by atoms with van der Waals surface area (Å²) in [5.41, 5.74) is 1.41. The number of nitroso groups, excluding NO2 is 1. The molecule has 0 aliphatic carbocycles. The Labute approximate surface area is 116 Å². The maximum absolute atomic E-state index is 11.0. The van der Waals surface area contributed by atoms with E-state index in [0.717, 1.165) is 8.95 Å². The van der Waals surface area contributed by atoms with Crippen LogP contribution in [-0.4, -0.2) is 0 Å². The lowest BCUT2D eigenvalue weighted by Gasteiger charge is -2.17. The van der Waals surface area contributed by atoms with E-state index in [4.69, 9.17) is 0 Å². The molecule has 2 rings (SSSR count). The van der Waals surface area contributed by atoms with Crippen LogP contribution in [0.4, 0.5) is 11.4 Å². The smallest absolute Gasteiger partial charge is 0.0827 e. The van der Waals surface area contributed by atoms with E-state index in [1.165, 1.54) is 5.01 Å². The minimum Gasteiger partial charge on any atom is -0.195 e. The molecule has 0 saturated carbocycles. The average molecular weight is 356 g/mol. The fourth-order valence-corrected chi connectivity index (χ4v) is 2.37. The minimum absolute atomic E-state index is 0.703. The molecule has 0 N–H and O–H groups in total. The van der Waals surface area contributed by atoms with Gasteiger partial charge in [0.05, 0.1) is 16.7 Å². The fraction of sp³-hybridized carbons (Fsp3) is 0. The van der Waals surface area contributed by atoms with E-state index in [1.54, 1.807) is 0 Å². The molecule has 0 unspecified atom stereocenters. The first kappa shape index (κ1) is 12.3. The van der Waals surface area contributed by atoms with Crippen LogP contribution in [0.3, 0.4) is 0 Å². The normalized spacial score (nSPS) is 10.0. The highest BCUT2D eigenvalue weighted by Gasteiger charge is 2.14. The van der Waals surface area contributed by atoms with Crippen molar-refractivity contribution in [1.29, 1.82) is 0 Å². The highest BCUT2D eigenvalue weighted by Crippen LogP contribution is 2.35. The quantitative estimate of drug-likeness (QED) is 0.571. The molecule has 17 heavy (non-hydrogen) atoms. The Hall–Kier alpha value is -1.20. The van der Waals surface area contributed by atoms with Gasteiger partial charge in [0, 0.05) is 8.95 Å². The molecule has 0 saturated heterocycles. The molecule has 0 aliphatic heterocycles. The van der Waals surface area contributed by atoms with E-state index >= 15 is 0 Å². The zero-order chi connectivity index (χ0) is 12.3. The summed E-state index contributed by atoms with van der Waals surface area (Å²) in [5, 5.41) is 4.41. The molecule has 0 fully saturated rings. The molecule has 2 aromatic carbocycles. The van der Waals surface area contributed by atoms with Gasteiger partial charge in [-0.2, -0.15) is 5.01 Å². The van der Waals surface area contributed by atoms with Gasteiger partial charge in [0.2, 0.25) is 0 Å². The van der Waals surface area contributed by atoms with Crippen molar-refractivity contribution < 1.29 is 0 Å². The van der Waals surface area contributed by atoms with Crippen molar-refractivity contribution in [3.05, 3.63) is 62.4 Å². The summed E-state index contributed by atoms with van der Waals surface area (Å²) in [6, 6.07) is 14.9. The second-order valence-corrected chi connectivity index (χ2v) is 5.00. The van der Waals surface area contributed by atoms with Crippen molar-refractivity contribution in [2.24, 2.45) is 5.29 Å². The molecule has 0 radical (unpaired) electrons. The predicted octanol–water partition coefficient (Wildman–Crippen LogP) is 5.03. The van der Waals surface area contributed by atoms with Gasteiger partial charge in [-0.1, -0.05) is 24.3 Å². The molecular weight excluding hydrogens is 348 g/mol. The molecule has 0 spiro atoms. The summed E-state index contributed by atoms with van der Waals surface area (Å²) >= 11 is 6.81. The van der Waals surface area contributed by atoms with E-state index in [2.05, 4.69) is 37.1 Å². The van der Waals surface area contributed by atoms with Crippen molar-refractivity contribution >= 4 is 43.2 Å². The molecule has 0 amide bonds. The molecule has 5 heteroatoms. The highest BCUT2D eigenvalue weighted by atomic mass is 79.9. The Balaban J connectivity index is 2.52. The van der Waals surface area contributed by atoms with Gasteiger partial charge in [-0.15, -0.1) is 4.91 Å². The van der Waals surface area contributed by atoms with Crippen molar-refractivity contribution in [2.75, 3.05) is 5.01 Å². The van der Waals surface area contributed by atoms with Crippen LogP contribution in [0.5, 0.6) is 0 Å². The summed E-state index contributed by atoms with van der Waals surface area (Å²) in [5.74, 6) is 0.